The number of carboxylic acids is 1. The van der Waals surface area contributed by atoms with Crippen LogP contribution in [0, 0.1) is 18.3 Å². The van der Waals surface area contributed by atoms with Crippen LogP contribution in [0.1, 0.15) is 24.5 Å². The number of aliphatic carboxylic acids is 1. The van der Waals surface area contributed by atoms with E-state index in [2.05, 4.69) is 5.10 Å². The third-order valence-corrected chi connectivity index (χ3v) is 3.59. The number of benzene rings is 1. The molecule has 134 valence electrons. The van der Waals surface area contributed by atoms with Gasteiger partial charge in [-0.1, -0.05) is 29.8 Å². The molecule has 1 aromatic heterocycles. The summed E-state index contributed by atoms with van der Waals surface area (Å²) in [4.78, 5) is 22.7. The first-order valence-electron chi connectivity index (χ1n) is 8.09. The highest BCUT2D eigenvalue weighted by molar-refractivity contribution is 5.98. The number of esters is 1. The second-order valence-corrected chi connectivity index (χ2v) is 5.60. The Hall–Kier alpha value is -3.40. The van der Waals surface area contributed by atoms with Gasteiger partial charge in [-0.25, -0.2) is 4.79 Å². The molecule has 0 amide bonds. The highest BCUT2D eigenvalue weighted by Crippen LogP contribution is 2.25. The maximum atomic E-state index is 11.9. The Bertz CT molecular complexity index is 873. The lowest BCUT2D eigenvalue weighted by molar-refractivity contribution is -0.138. The molecule has 0 aliphatic heterocycles. The highest BCUT2D eigenvalue weighted by atomic mass is 16.5. The molecule has 0 spiro atoms. The lowest BCUT2D eigenvalue weighted by Gasteiger charge is -2.02. The van der Waals surface area contributed by atoms with Gasteiger partial charge in [0.05, 0.1) is 25.3 Å². The van der Waals surface area contributed by atoms with Crippen molar-refractivity contribution in [3.63, 3.8) is 0 Å². The van der Waals surface area contributed by atoms with Gasteiger partial charge in [0, 0.05) is 17.3 Å². The first-order valence-corrected chi connectivity index (χ1v) is 8.09. The summed E-state index contributed by atoms with van der Waals surface area (Å²) >= 11 is 0. The van der Waals surface area contributed by atoms with Gasteiger partial charge in [0.1, 0.15) is 11.6 Å². The van der Waals surface area contributed by atoms with Crippen molar-refractivity contribution in [3.05, 3.63) is 47.2 Å². The van der Waals surface area contributed by atoms with Crippen LogP contribution in [-0.4, -0.2) is 33.4 Å². The van der Waals surface area contributed by atoms with Crippen molar-refractivity contribution in [1.82, 2.24) is 9.78 Å². The summed E-state index contributed by atoms with van der Waals surface area (Å²) in [5, 5.41) is 22.5. The van der Waals surface area contributed by atoms with Gasteiger partial charge in [-0.3, -0.25) is 9.48 Å². The van der Waals surface area contributed by atoms with Crippen LogP contribution in [0.4, 0.5) is 0 Å². The van der Waals surface area contributed by atoms with Crippen molar-refractivity contribution >= 4 is 18.0 Å². The molecule has 2 rings (SSSR count). The van der Waals surface area contributed by atoms with Crippen LogP contribution < -0.4 is 0 Å². The Labute approximate surface area is 151 Å². The predicted molar refractivity (Wildman–Crippen MR) is 94.9 cm³/mol. The number of carbonyl (C=O) groups excluding carboxylic acids is 1. The smallest absolute Gasteiger partial charge is 0.348 e. The Kier molecular flexibility index (Phi) is 6.28. The number of nitriles is 1. The third-order valence-electron chi connectivity index (χ3n) is 3.59. The summed E-state index contributed by atoms with van der Waals surface area (Å²) in [5.41, 5.74) is 2.85. The number of hydrogen-bond donors (Lipinski definition) is 1. The number of carbonyl (C=O) groups is 2. The number of carboxylic acid groups (broad SMARTS) is 1. The molecule has 1 heterocycles. The van der Waals surface area contributed by atoms with Crippen LogP contribution in [0.5, 0.6) is 0 Å². The van der Waals surface area contributed by atoms with E-state index in [0.717, 1.165) is 11.1 Å². The normalized spacial score (nSPS) is 11.0. The minimum Gasteiger partial charge on any atom is -0.481 e. The standard InChI is InChI=1S/C19H19N3O4/c1-3-26-19(25)15(11-20)10-16-12-22(9-8-17(23)24)21-18(16)14-6-4-13(2)5-7-14/h4-7,10,12H,3,8-9H2,1-2H3,(H,23,24)/b15-10+. The van der Waals surface area contributed by atoms with E-state index in [-0.39, 0.29) is 25.1 Å². The van der Waals surface area contributed by atoms with Crippen LogP contribution in [0.25, 0.3) is 17.3 Å². The molecule has 0 saturated heterocycles. The Morgan fingerprint density at radius 2 is 2.04 bits per heavy atom. The summed E-state index contributed by atoms with van der Waals surface area (Å²) in [7, 11) is 0. The second kappa shape index (κ2) is 8.62. The topological polar surface area (TPSA) is 105 Å². The number of hydrogen-bond acceptors (Lipinski definition) is 5. The quantitative estimate of drug-likeness (QED) is 0.466. The molecule has 2 aromatic rings. The van der Waals surface area contributed by atoms with Crippen molar-refractivity contribution in [1.29, 1.82) is 5.26 Å². The fourth-order valence-electron chi connectivity index (χ4n) is 2.30. The average molecular weight is 353 g/mol. The van der Waals surface area contributed by atoms with Crippen molar-refractivity contribution in [3.8, 4) is 17.3 Å². The molecule has 26 heavy (non-hydrogen) atoms. The molecule has 1 aromatic carbocycles. The number of nitrogens with zero attached hydrogens (tertiary/aromatic N) is 3. The Balaban J connectivity index is 2.47. The van der Waals surface area contributed by atoms with Gasteiger partial charge in [0.25, 0.3) is 0 Å². The first kappa shape index (κ1) is 18.9. The molecule has 0 atom stereocenters. The molecule has 0 radical (unpaired) electrons. The van der Waals surface area contributed by atoms with Crippen LogP contribution in [0.3, 0.4) is 0 Å². The number of aromatic nitrogens is 2. The Morgan fingerprint density at radius 1 is 1.35 bits per heavy atom. The van der Waals surface area contributed by atoms with Gasteiger partial charge >= 0.3 is 11.9 Å². The zero-order valence-electron chi connectivity index (χ0n) is 14.6. The largest absolute Gasteiger partial charge is 0.481 e. The van der Waals surface area contributed by atoms with E-state index in [1.165, 1.54) is 10.8 Å². The van der Waals surface area contributed by atoms with E-state index in [0.29, 0.717) is 11.3 Å². The van der Waals surface area contributed by atoms with Crippen molar-refractivity contribution in [2.75, 3.05) is 6.61 Å². The molecule has 0 fully saturated rings. The van der Waals surface area contributed by atoms with E-state index in [4.69, 9.17) is 9.84 Å². The summed E-state index contributed by atoms with van der Waals surface area (Å²) in [5.74, 6) is -1.64. The zero-order valence-corrected chi connectivity index (χ0v) is 14.6. The van der Waals surface area contributed by atoms with Gasteiger partial charge in [0.15, 0.2) is 0 Å². The number of ether oxygens (including phenoxy) is 1. The zero-order chi connectivity index (χ0) is 19.1. The average Bonchev–Trinajstić information content (AvgIpc) is 3.01. The fourth-order valence-corrected chi connectivity index (χ4v) is 2.30. The lowest BCUT2D eigenvalue weighted by atomic mass is 10.0. The van der Waals surface area contributed by atoms with E-state index < -0.39 is 11.9 Å². The minimum atomic E-state index is -0.932. The molecule has 0 unspecified atom stereocenters. The fraction of sp³-hybridized carbons (Fsp3) is 0.263. The van der Waals surface area contributed by atoms with Gasteiger partial charge in [-0.2, -0.15) is 10.4 Å². The first-order chi connectivity index (χ1) is 12.4. The maximum Gasteiger partial charge on any atom is 0.348 e. The summed E-state index contributed by atoms with van der Waals surface area (Å²) in [6, 6.07) is 9.45. The van der Waals surface area contributed by atoms with E-state index >= 15 is 0 Å². The molecule has 0 bridgehead atoms. The molecule has 7 heteroatoms. The van der Waals surface area contributed by atoms with Gasteiger partial charge in [0.2, 0.25) is 0 Å². The molecule has 0 aliphatic rings. The third kappa shape index (κ3) is 4.80. The van der Waals surface area contributed by atoms with Gasteiger partial charge in [-0.15, -0.1) is 0 Å². The van der Waals surface area contributed by atoms with Crippen molar-refractivity contribution in [2.45, 2.75) is 26.8 Å². The van der Waals surface area contributed by atoms with Crippen LogP contribution >= 0.6 is 0 Å². The molecular formula is C19H19N3O4. The molecule has 7 nitrogen and oxygen atoms in total. The van der Waals surface area contributed by atoms with Gasteiger partial charge in [-0.05, 0) is 19.9 Å². The van der Waals surface area contributed by atoms with E-state index in [1.807, 2.05) is 37.3 Å². The van der Waals surface area contributed by atoms with Crippen LogP contribution in [-0.2, 0) is 20.9 Å². The lowest BCUT2D eigenvalue weighted by Crippen LogP contribution is -2.06. The summed E-state index contributed by atoms with van der Waals surface area (Å²) in [6.45, 7) is 3.98. The van der Waals surface area contributed by atoms with E-state index in [9.17, 15) is 14.9 Å². The number of rotatable bonds is 7. The van der Waals surface area contributed by atoms with E-state index in [1.54, 1.807) is 13.1 Å². The second-order valence-electron chi connectivity index (χ2n) is 5.60. The van der Waals surface area contributed by atoms with Crippen molar-refractivity contribution in [2.24, 2.45) is 0 Å². The Morgan fingerprint density at radius 3 is 2.62 bits per heavy atom. The van der Waals surface area contributed by atoms with Crippen molar-refractivity contribution < 1.29 is 19.4 Å². The minimum absolute atomic E-state index is 0.0822. The molecule has 0 saturated carbocycles. The van der Waals surface area contributed by atoms with Gasteiger partial charge < -0.3 is 9.84 Å². The molecule has 0 aliphatic carbocycles. The molecular weight excluding hydrogens is 334 g/mol. The monoisotopic (exact) mass is 353 g/mol. The SMILES string of the molecule is CCOC(=O)/C(C#N)=C/c1cn(CCC(=O)O)nc1-c1ccc(C)cc1. The predicted octanol–water partition coefficient (Wildman–Crippen LogP) is 2.80. The summed E-state index contributed by atoms with van der Waals surface area (Å²) in [6.07, 6.45) is 2.95. The number of aryl methyl sites for hydroxylation is 2. The van der Waals surface area contributed by atoms with Crippen LogP contribution in [0.2, 0.25) is 0 Å². The molecule has 1 N–H and O–H groups in total. The summed E-state index contributed by atoms with van der Waals surface area (Å²) < 4.78 is 6.37. The van der Waals surface area contributed by atoms with Crippen LogP contribution in [0.15, 0.2) is 36.0 Å². The maximum absolute atomic E-state index is 11.9. The highest BCUT2D eigenvalue weighted by Gasteiger charge is 2.15.